The lowest BCUT2D eigenvalue weighted by Gasteiger charge is -2.38. The average molecular weight is 310 g/mol. The molecular weight excluding hydrogens is 284 g/mol. The van der Waals surface area contributed by atoms with Gasteiger partial charge in [0.25, 0.3) is 0 Å². The van der Waals surface area contributed by atoms with Crippen LogP contribution in [0.15, 0.2) is 23.1 Å². The molecule has 5 heteroatoms. The van der Waals surface area contributed by atoms with Crippen molar-refractivity contribution in [1.82, 2.24) is 4.31 Å². The van der Waals surface area contributed by atoms with Crippen LogP contribution < -0.4 is 5.73 Å². The van der Waals surface area contributed by atoms with Crippen molar-refractivity contribution in [3.8, 4) is 0 Å². The van der Waals surface area contributed by atoms with E-state index < -0.39 is 10.0 Å². The van der Waals surface area contributed by atoms with Gasteiger partial charge in [0.2, 0.25) is 10.0 Å². The lowest BCUT2D eigenvalue weighted by molar-refractivity contribution is 0.169. The zero-order chi connectivity index (χ0) is 15.7. The van der Waals surface area contributed by atoms with Crippen molar-refractivity contribution < 1.29 is 8.42 Å². The SMILES string of the molecule is CCC1(C)CCN(S(=O)(=O)c2cccc(CN)c2C)CC1. The second-order valence-corrected chi connectivity index (χ2v) is 8.22. The first-order valence-electron chi connectivity index (χ1n) is 7.63. The molecule has 1 aliphatic heterocycles. The topological polar surface area (TPSA) is 63.4 Å². The fraction of sp³-hybridized carbons (Fsp3) is 0.625. The van der Waals surface area contributed by atoms with Gasteiger partial charge in [0.05, 0.1) is 4.90 Å². The molecular formula is C16H26N2O2S. The molecule has 1 aromatic carbocycles. The Balaban J connectivity index is 2.28. The lowest BCUT2D eigenvalue weighted by Crippen LogP contribution is -2.42. The molecule has 0 aromatic heterocycles. The van der Waals surface area contributed by atoms with Crippen molar-refractivity contribution in [2.45, 2.75) is 51.5 Å². The van der Waals surface area contributed by atoms with E-state index in [9.17, 15) is 8.42 Å². The normalized spacial score (nSPS) is 19.6. The highest BCUT2D eigenvalue weighted by Crippen LogP contribution is 2.36. The maximum Gasteiger partial charge on any atom is 0.243 e. The maximum atomic E-state index is 12.9. The molecule has 1 aliphatic rings. The van der Waals surface area contributed by atoms with Gasteiger partial charge in [0.15, 0.2) is 0 Å². The van der Waals surface area contributed by atoms with Crippen molar-refractivity contribution in [1.29, 1.82) is 0 Å². The first-order valence-corrected chi connectivity index (χ1v) is 9.07. The fourth-order valence-electron chi connectivity index (χ4n) is 2.92. The van der Waals surface area contributed by atoms with Crippen LogP contribution in [0.5, 0.6) is 0 Å². The van der Waals surface area contributed by atoms with Gasteiger partial charge in [-0.25, -0.2) is 8.42 Å². The Bertz CT molecular complexity index is 603. The number of hydrogen-bond acceptors (Lipinski definition) is 3. The van der Waals surface area contributed by atoms with Crippen molar-refractivity contribution >= 4 is 10.0 Å². The third-order valence-corrected chi connectivity index (χ3v) is 7.06. The summed E-state index contributed by atoms with van der Waals surface area (Å²) < 4.78 is 27.4. The first-order chi connectivity index (χ1) is 9.84. The number of sulfonamides is 1. The predicted octanol–water partition coefficient (Wildman–Crippen LogP) is 2.65. The molecule has 0 bridgehead atoms. The monoisotopic (exact) mass is 310 g/mol. The average Bonchev–Trinajstić information content (AvgIpc) is 2.48. The summed E-state index contributed by atoms with van der Waals surface area (Å²) in [5.41, 5.74) is 7.64. The minimum Gasteiger partial charge on any atom is -0.326 e. The van der Waals surface area contributed by atoms with Gasteiger partial charge >= 0.3 is 0 Å². The Morgan fingerprint density at radius 2 is 1.90 bits per heavy atom. The molecule has 0 amide bonds. The summed E-state index contributed by atoms with van der Waals surface area (Å²) in [4.78, 5) is 0.408. The number of nitrogens with two attached hydrogens (primary N) is 1. The maximum absolute atomic E-state index is 12.9. The van der Waals surface area contributed by atoms with Crippen LogP contribution in [0.1, 0.15) is 44.2 Å². The van der Waals surface area contributed by atoms with Gasteiger partial charge in [-0.1, -0.05) is 32.4 Å². The summed E-state index contributed by atoms with van der Waals surface area (Å²) >= 11 is 0. The van der Waals surface area contributed by atoms with Gasteiger partial charge in [-0.15, -0.1) is 0 Å². The highest BCUT2D eigenvalue weighted by molar-refractivity contribution is 7.89. The molecule has 1 fully saturated rings. The standard InChI is InChI=1S/C16H26N2O2S/c1-4-16(3)8-10-18(11-9-16)21(19,20)15-7-5-6-14(12-17)13(15)2/h5-7H,4,8-12,17H2,1-3H3. The molecule has 2 rings (SSSR count). The first kappa shape index (κ1) is 16.5. The number of piperidine rings is 1. The number of nitrogens with zero attached hydrogens (tertiary/aromatic N) is 1. The Morgan fingerprint density at radius 1 is 1.29 bits per heavy atom. The zero-order valence-electron chi connectivity index (χ0n) is 13.2. The van der Waals surface area contributed by atoms with E-state index in [1.165, 1.54) is 0 Å². The second kappa shape index (κ2) is 6.07. The molecule has 0 unspecified atom stereocenters. The van der Waals surface area contributed by atoms with Crippen LogP contribution in [0.3, 0.4) is 0 Å². The summed E-state index contributed by atoms with van der Waals surface area (Å²) in [5.74, 6) is 0. The van der Waals surface area contributed by atoms with Crippen molar-refractivity contribution in [2.24, 2.45) is 11.1 Å². The molecule has 1 saturated heterocycles. The molecule has 0 aliphatic carbocycles. The van der Waals surface area contributed by atoms with Crippen LogP contribution in [-0.4, -0.2) is 25.8 Å². The molecule has 0 radical (unpaired) electrons. The Hall–Kier alpha value is -0.910. The molecule has 4 nitrogen and oxygen atoms in total. The third kappa shape index (κ3) is 3.15. The van der Waals surface area contributed by atoms with E-state index in [2.05, 4.69) is 13.8 Å². The van der Waals surface area contributed by atoms with Gasteiger partial charge in [0.1, 0.15) is 0 Å². The fourth-order valence-corrected chi connectivity index (χ4v) is 4.63. The van der Waals surface area contributed by atoms with Crippen molar-refractivity contribution in [3.63, 3.8) is 0 Å². The molecule has 0 spiro atoms. The molecule has 21 heavy (non-hydrogen) atoms. The molecule has 118 valence electrons. The van der Waals surface area contributed by atoms with Gasteiger partial charge in [-0.05, 0) is 42.4 Å². The molecule has 2 N–H and O–H groups in total. The van der Waals surface area contributed by atoms with Crippen LogP contribution in [0.25, 0.3) is 0 Å². The van der Waals surface area contributed by atoms with Crippen LogP contribution in [-0.2, 0) is 16.6 Å². The molecule has 0 saturated carbocycles. The Kier molecular flexibility index (Phi) is 4.76. The summed E-state index contributed by atoms with van der Waals surface area (Å²) in [6.07, 6.45) is 2.96. The number of benzene rings is 1. The van der Waals surface area contributed by atoms with E-state index in [1.54, 1.807) is 16.4 Å². The van der Waals surface area contributed by atoms with Gasteiger partial charge in [-0.3, -0.25) is 0 Å². The number of hydrogen-bond donors (Lipinski definition) is 1. The van der Waals surface area contributed by atoms with Gasteiger partial charge in [-0.2, -0.15) is 4.31 Å². The minimum atomic E-state index is -3.41. The summed E-state index contributed by atoms with van der Waals surface area (Å²) in [7, 11) is -3.41. The summed E-state index contributed by atoms with van der Waals surface area (Å²) in [6.45, 7) is 7.85. The smallest absolute Gasteiger partial charge is 0.243 e. The van der Waals surface area contributed by atoms with Crippen LogP contribution in [0.4, 0.5) is 0 Å². The van der Waals surface area contributed by atoms with Crippen molar-refractivity contribution in [3.05, 3.63) is 29.3 Å². The highest BCUT2D eigenvalue weighted by Gasteiger charge is 2.35. The molecule has 1 aromatic rings. The van der Waals surface area contributed by atoms with E-state index in [0.29, 0.717) is 24.5 Å². The quantitative estimate of drug-likeness (QED) is 0.930. The van der Waals surface area contributed by atoms with Crippen LogP contribution in [0, 0.1) is 12.3 Å². The van der Waals surface area contributed by atoms with Crippen molar-refractivity contribution in [2.75, 3.05) is 13.1 Å². The second-order valence-electron chi connectivity index (χ2n) is 6.31. The predicted molar refractivity (Wildman–Crippen MR) is 85.5 cm³/mol. The Morgan fingerprint density at radius 3 is 2.43 bits per heavy atom. The Labute approximate surface area is 128 Å². The largest absolute Gasteiger partial charge is 0.326 e. The minimum absolute atomic E-state index is 0.278. The number of rotatable bonds is 4. The van der Waals surface area contributed by atoms with Crippen LogP contribution in [0.2, 0.25) is 0 Å². The molecule has 1 heterocycles. The van der Waals surface area contributed by atoms with Gasteiger partial charge in [0, 0.05) is 19.6 Å². The van der Waals surface area contributed by atoms with E-state index in [-0.39, 0.29) is 5.41 Å². The van der Waals surface area contributed by atoms with Crippen LogP contribution >= 0.6 is 0 Å². The third-order valence-electron chi connectivity index (χ3n) is 5.02. The van der Waals surface area contributed by atoms with Gasteiger partial charge < -0.3 is 5.73 Å². The van der Waals surface area contributed by atoms with E-state index in [1.807, 2.05) is 13.0 Å². The van der Waals surface area contributed by atoms with E-state index in [4.69, 9.17) is 5.73 Å². The molecule has 0 atom stereocenters. The van der Waals surface area contributed by atoms with E-state index >= 15 is 0 Å². The lowest BCUT2D eigenvalue weighted by atomic mass is 9.79. The highest BCUT2D eigenvalue weighted by atomic mass is 32.2. The summed E-state index contributed by atoms with van der Waals surface area (Å²) in [5, 5.41) is 0. The zero-order valence-corrected chi connectivity index (χ0v) is 14.0. The van der Waals surface area contributed by atoms with E-state index in [0.717, 1.165) is 30.4 Å². The summed E-state index contributed by atoms with van der Waals surface area (Å²) in [6, 6.07) is 5.36.